The van der Waals surface area contributed by atoms with Gasteiger partial charge in [-0.05, 0) is 36.8 Å². The summed E-state index contributed by atoms with van der Waals surface area (Å²) >= 11 is 3.35. The molecule has 0 saturated heterocycles. The van der Waals surface area contributed by atoms with Crippen molar-refractivity contribution in [1.82, 2.24) is 0 Å². The zero-order valence-corrected chi connectivity index (χ0v) is 11.2. The van der Waals surface area contributed by atoms with Gasteiger partial charge in [-0.15, -0.1) is 0 Å². The predicted molar refractivity (Wildman–Crippen MR) is 72.9 cm³/mol. The van der Waals surface area contributed by atoms with Crippen LogP contribution >= 0.6 is 15.9 Å². The Morgan fingerprint density at radius 2 is 1.83 bits per heavy atom. The van der Waals surface area contributed by atoms with Crippen LogP contribution in [-0.2, 0) is 0 Å². The summed E-state index contributed by atoms with van der Waals surface area (Å²) in [4.78, 5) is 0. The van der Waals surface area contributed by atoms with Crippen LogP contribution in [0.25, 0.3) is 0 Å². The Labute approximate surface area is 112 Å². The number of anilines is 3. The number of nitrogens with one attached hydrogen (secondary N) is 1. The van der Waals surface area contributed by atoms with Crippen LogP contribution < -0.4 is 11.1 Å². The van der Waals surface area contributed by atoms with E-state index in [2.05, 4.69) is 21.2 Å². The highest BCUT2D eigenvalue weighted by molar-refractivity contribution is 9.10. The van der Waals surface area contributed by atoms with Gasteiger partial charge in [0.1, 0.15) is 5.82 Å². The van der Waals surface area contributed by atoms with Gasteiger partial charge in [0.05, 0.1) is 11.4 Å². The first-order chi connectivity index (χ1) is 8.45. The minimum absolute atomic E-state index is 0.103. The number of nitrogen functional groups attached to an aromatic ring is 1. The summed E-state index contributed by atoms with van der Waals surface area (Å²) in [6.07, 6.45) is 0. The van der Waals surface area contributed by atoms with Gasteiger partial charge in [0.25, 0.3) is 0 Å². The largest absolute Gasteiger partial charge is 0.395 e. The number of hydrogen-bond donors (Lipinski definition) is 2. The topological polar surface area (TPSA) is 38.0 Å². The molecule has 94 valence electrons. The molecule has 0 aromatic heterocycles. The van der Waals surface area contributed by atoms with Crippen molar-refractivity contribution in [2.75, 3.05) is 11.1 Å². The third-order valence-electron chi connectivity index (χ3n) is 2.42. The maximum atomic E-state index is 13.3. The van der Waals surface area contributed by atoms with Gasteiger partial charge in [-0.3, -0.25) is 0 Å². The van der Waals surface area contributed by atoms with Crippen molar-refractivity contribution in [2.45, 2.75) is 6.92 Å². The smallest absolute Gasteiger partial charge is 0.151 e. The van der Waals surface area contributed by atoms with Crippen molar-refractivity contribution in [2.24, 2.45) is 0 Å². The van der Waals surface area contributed by atoms with E-state index in [0.29, 0.717) is 5.69 Å². The number of rotatable bonds is 2. The van der Waals surface area contributed by atoms with E-state index in [4.69, 9.17) is 5.73 Å². The summed E-state index contributed by atoms with van der Waals surface area (Å²) in [5, 5.41) is 2.90. The predicted octanol–water partition coefficient (Wildman–Crippen LogP) is 4.36. The van der Waals surface area contributed by atoms with Crippen molar-refractivity contribution in [1.29, 1.82) is 0 Å². The van der Waals surface area contributed by atoms with E-state index in [9.17, 15) is 8.78 Å². The zero-order valence-electron chi connectivity index (χ0n) is 9.60. The molecule has 2 aromatic rings. The van der Waals surface area contributed by atoms with Crippen LogP contribution in [-0.4, -0.2) is 0 Å². The Bertz CT molecular complexity index is 580. The van der Waals surface area contributed by atoms with E-state index >= 15 is 0 Å². The molecule has 5 heteroatoms. The van der Waals surface area contributed by atoms with Gasteiger partial charge in [0, 0.05) is 16.2 Å². The number of hydrogen-bond acceptors (Lipinski definition) is 2. The first kappa shape index (κ1) is 12.8. The maximum absolute atomic E-state index is 13.3. The molecule has 0 aliphatic carbocycles. The zero-order chi connectivity index (χ0) is 13.3. The highest BCUT2D eigenvalue weighted by atomic mass is 79.9. The summed E-state index contributed by atoms with van der Waals surface area (Å²) in [6, 6.07) is 7.50. The van der Waals surface area contributed by atoms with E-state index in [1.807, 2.05) is 19.1 Å². The number of aryl methyl sites for hydroxylation is 1. The minimum Gasteiger partial charge on any atom is -0.395 e. The third kappa shape index (κ3) is 2.79. The summed E-state index contributed by atoms with van der Waals surface area (Å²) < 4.78 is 27.3. The molecule has 0 spiro atoms. The van der Waals surface area contributed by atoms with Crippen molar-refractivity contribution >= 4 is 33.0 Å². The molecule has 3 N–H and O–H groups in total. The van der Waals surface area contributed by atoms with Gasteiger partial charge in [-0.25, -0.2) is 8.78 Å². The average Bonchev–Trinajstić information content (AvgIpc) is 2.23. The molecular formula is C13H11BrF2N2. The van der Waals surface area contributed by atoms with Crippen LogP contribution in [0.4, 0.5) is 25.8 Å². The molecular weight excluding hydrogens is 302 g/mol. The van der Waals surface area contributed by atoms with E-state index in [0.717, 1.165) is 22.2 Å². The van der Waals surface area contributed by atoms with E-state index in [1.165, 1.54) is 0 Å². The monoisotopic (exact) mass is 312 g/mol. The molecule has 0 heterocycles. The number of halogens is 3. The quantitative estimate of drug-likeness (QED) is 0.808. The lowest BCUT2D eigenvalue weighted by molar-refractivity contribution is 0.587. The second-order valence-electron chi connectivity index (χ2n) is 3.99. The van der Waals surface area contributed by atoms with Crippen LogP contribution in [0.1, 0.15) is 5.56 Å². The van der Waals surface area contributed by atoms with Crippen LogP contribution in [0.15, 0.2) is 34.8 Å². The van der Waals surface area contributed by atoms with Crippen molar-refractivity contribution in [3.05, 3.63) is 52.0 Å². The van der Waals surface area contributed by atoms with Gasteiger partial charge in [0.15, 0.2) is 5.82 Å². The van der Waals surface area contributed by atoms with E-state index in [1.54, 1.807) is 6.07 Å². The normalized spacial score (nSPS) is 10.4. The summed E-state index contributed by atoms with van der Waals surface area (Å²) in [5.74, 6) is -1.44. The van der Waals surface area contributed by atoms with Gasteiger partial charge in [-0.1, -0.05) is 15.9 Å². The minimum atomic E-state index is -0.774. The van der Waals surface area contributed by atoms with Gasteiger partial charge < -0.3 is 11.1 Å². The fourth-order valence-electron chi connectivity index (χ4n) is 1.65. The highest BCUT2D eigenvalue weighted by Gasteiger charge is 2.08. The van der Waals surface area contributed by atoms with Crippen molar-refractivity contribution < 1.29 is 8.78 Å². The lowest BCUT2D eigenvalue weighted by atomic mass is 10.2. The van der Waals surface area contributed by atoms with Crippen molar-refractivity contribution in [3.8, 4) is 0 Å². The molecule has 0 aliphatic heterocycles. The lowest BCUT2D eigenvalue weighted by Crippen LogP contribution is -2.00. The summed E-state index contributed by atoms with van der Waals surface area (Å²) in [5.41, 5.74) is 7.39. The molecule has 2 aromatic carbocycles. The molecule has 0 radical (unpaired) electrons. The molecule has 0 aliphatic rings. The van der Waals surface area contributed by atoms with E-state index < -0.39 is 11.6 Å². The summed E-state index contributed by atoms with van der Waals surface area (Å²) in [7, 11) is 0. The first-order valence-electron chi connectivity index (χ1n) is 5.24. The second-order valence-corrected chi connectivity index (χ2v) is 4.91. The Morgan fingerprint density at radius 3 is 2.50 bits per heavy atom. The molecule has 0 atom stereocenters. The molecule has 0 unspecified atom stereocenters. The Kier molecular flexibility index (Phi) is 3.52. The molecule has 0 bridgehead atoms. The Morgan fingerprint density at radius 1 is 1.11 bits per heavy atom. The van der Waals surface area contributed by atoms with Crippen LogP contribution in [0.5, 0.6) is 0 Å². The fourth-order valence-corrected chi connectivity index (χ4v) is 2.26. The standard InChI is InChI=1S/C13H11BrF2N2/c1-7-2-8(14)4-10(3-7)18-12-6-9(15)5-11(16)13(12)17/h2-6,18H,17H2,1H3. The third-order valence-corrected chi connectivity index (χ3v) is 2.87. The van der Waals surface area contributed by atoms with Gasteiger partial charge in [0.2, 0.25) is 0 Å². The SMILES string of the molecule is Cc1cc(Br)cc(Nc2cc(F)cc(F)c2N)c1. The number of nitrogens with two attached hydrogens (primary N) is 1. The highest BCUT2D eigenvalue weighted by Crippen LogP contribution is 2.28. The van der Waals surface area contributed by atoms with E-state index in [-0.39, 0.29) is 11.4 Å². The molecule has 18 heavy (non-hydrogen) atoms. The molecule has 0 amide bonds. The van der Waals surface area contributed by atoms with Crippen LogP contribution in [0.3, 0.4) is 0 Å². The van der Waals surface area contributed by atoms with Crippen LogP contribution in [0, 0.1) is 18.6 Å². The molecule has 0 saturated carbocycles. The van der Waals surface area contributed by atoms with Gasteiger partial charge >= 0.3 is 0 Å². The Hall–Kier alpha value is -1.62. The Balaban J connectivity index is 2.39. The molecule has 2 nitrogen and oxygen atoms in total. The van der Waals surface area contributed by atoms with Gasteiger partial charge in [-0.2, -0.15) is 0 Å². The first-order valence-corrected chi connectivity index (χ1v) is 6.04. The summed E-state index contributed by atoms with van der Waals surface area (Å²) in [6.45, 7) is 1.92. The maximum Gasteiger partial charge on any atom is 0.151 e. The van der Waals surface area contributed by atoms with Crippen LogP contribution in [0.2, 0.25) is 0 Å². The fraction of sp³-hybridized carbons (Fsp3) is 0.0769. The molecule has 0 fully saturated rings. The van der Waals surface area contributed by atoms with Crippen molar-refractivity contribution in [3.63, 3.8) is 0 Å². The average molecular weight is 313 g/mol. The number of benzene rings is 2. The molecule has 2 rings (SSSR count). The lowest BCUT2D eigenvalue weighted by Gasteiger charge is -2.11. The second kappa shape index (κ2) is 4.94.